The van der Waals surface area contributed by atoms with Crippen molar-refractivity contribution >= 4 is 17.2 Å². The van der Waals surface area contributed by atoms with E-state index in [4.69, 9.17) is 5.26 Å². The lowest BCUT2D eigenvalue weighted by Crippen LogP contribution is -2.15. The molecule has 0 unspecified atom stereocenters. The molecule has 0 fully saturated rings. The van der Waals surface area contributed by atoms with Crippen LogP contribution in [0.15, 0.2) is 78.6 Å². The van der Waals surface area contributed by atoms with E-state index < -0.39 is 0 Å². The summed E-state index contributed by atoms with van der Waals surface area (Å²) in [5.41, 5.74) is 4.76. The van der Waals surface area contributed by atoms with E-state index in [9.17, 15) is 0 Å². The highest BCUT2D eigenvalue weighted by Crippen LogP contribution is 2.18. The van der Waals surface area contributed by atoms with Gasteiger partial charge in [0.2, 0.25) is 0 Å². The molecule has 0 atom stereocenters. The summed E-state index contributed by atoms with van der Waals surface area (Å²) in [6.45, 7) is 6.07. The normalized spacial score (nSPS) is 10.8. The summed E-state index contributed by atoms with van der Waals surface area (Å²) in [6.07, 6.45) is 3.23. The van der Waals surface area contributed by atoms with Gasteiger partial charge >= 0.3 is 0 Å². The molecule has 1 N–H and O–H groups in total. The van der Waals surface area contributed by atoms with Crippen molar-refractivity contribution in [3.05, 3.63) is 95.8 Å². The van der Waals surface area contributed by atoms with Crippen LogP contribution in [0, 0.1) is 18.3 Å². The molecule has 26 heavy (non-hydrogen) atoms. The quantitative estimate of drug-likeness (QED) is 0.571. The Labute approximate surface area is 152 Å². The topological polar surface area (TPSA) is 74.0 Å². The lowest BCUT2D eigenvalue weighted by atomic mass is 10.1. The van der Waals surface area contributed by atoms with Gasteiger partial charge in [-0.25, -0.2) is 4.99 Å². The number of aromatic nitrogens is 2. The van der Waals surface area contributed by atoms with E-state index in [-0.39, 0.29) is 0 Å². The highest BCUT2D eigenvalue weighted by Gasteiger charge is 2.09. The van der Waals surface area contributed by atoms with E-state index in [1.165, 1.54) is 0 Å². The summed E-state index contributed by atoms with van der Waals surface area (Å²) in [4.78, 5) is 4.69. The van der Waals surface area contributed by atoms with Crippen molar-refractivity contribution in [2.24, 2.45) is 4.99 Å². The summed E-state index contributed by atoms with van der Waals surface area (Å²) in [5.74, 6) is 0.653. The van der Waals surface area contributed by atoms with Crippen molar-refractivity contribution in [2.75, 3.05) is 5.32 Å². The maximum Gasteiger partial charge on any atom is 0.138 e. The molecule has 0 radical (unpaired) electrons. The highest BCUT2D eigenvalue weighted by atomic mass is 15.1. The van der Waals surface area contributed by atoms with Crippen LogP contribution in [0.4, 0.5) is 5.69 Å². The van der Waals surface area contributed by atoms with Gasteiger partial charge in [-0.15, -0.1) is 0 Å². The summed E-state index contributed by atoms with van der Waals surface area (Å²) in [5, 5.41) is 20.1. The maximum atomic E-state index is 9.12. The molecule has 5 nitrogen and oxygen atoms in total. The summed E-state index contributed by atoms with van der Waals surface area (Å²) < 4.78 is 0. The second-order valence-electron chi connectivity index (χ2n) is 5.67. The molecule has 3 rings (SSSR count). The Morgan fingerprint density at radius 1 is 1.12 bits per heavy atom. The number of nitrogens with zero attached hydrogens (tertiary/aromatic N) is 4. The number of amidine groups is 1. The predicted molar refractivity (Wildman–Crippen MR) is 104 cm³/mol. The Hall–Kier alpha value is -3.78. The van der Waals surface area contributed by atoms with Gasteiger partial charge in [-0.2, -0.15) is 15.5 Å². The minimum Gasteiger partial charge on any atom is -0.340 e. The molecule has 0 saturated heterocycles. The van der Waals surface area contributed by atoms with Crippen LogP contribution < -0.4 is 5.32 Å². The van der Waals surface area contributed by atoms with Gasteiger partial charge in [0.15, 0.2) is 0 Å². The third-order valence-electron chi connectivity index (χ3n) is 3.82. The van der Waals surface area contributed by atoms with Crippen molar-refractivity contribution in [1.29, 1.82) is 5.26 Å². The maximum absolute atomic E-state index is 9.12. The number of nitrogens with one attached hydrogen (secondary N) is 1. The molecule has 3 aromatic rings. The van der Waals surface area contributed by atoms with Gasteiger partial charge in [0.1, 0.15) is 5.84 Å². The lowest BCUT2D eigenvalue weighted by Gasteiger charge is -2.13. The molecule has 0 bridgehead atoms. The van der Waals surface area contributed by atoms with Crippen LogP contribution in [-0.2, 0) is 0 Å². The molecule has 1 aromatic heterocycles. The van der Waals surface area contributed by atoms with Crippen LogP contribution in [0.2, 0.25) is 0 Å². The summed E-state index contributed by atoms with van der Waals surface area (Å²) in [7, 11) is 0. The molecule has 2 aromatic carbocycles. The Balaban J connectivity index is 2.02. The van der Waals surface area contributed by atoms with Crippen LogP contribution >= 0.6 is 0 Å². The first-order valence-corrected chi connectivity index (χ1v) is 8.05. The molecule has 0 aliphatic carbocycles. The molecule has 0 saturated carbocycles. The Bertz CT molecular complexity index is 1000. The number of hydrogen-bond donors (Lipinski definition) is 1. The van der Waals surface area contributed by atoms with Crippen LogP contribution in [0.1, 0.15) is 22.3 Å². The summed E-state index contributed by atoms with van der Waals surface area (Å²) >= 11 is 0. The molecular formula is C21H17N5. The zero-order valence-corrected chi connectivity index (χ0v) is 14.3. The zero-order chi connectivity index (χ0) is 18.4. The van der Waals surface area contributed by atoms with Crippen molar-refractivity contribution in [2.45, 2.75) is 6.92 Å². The van der Waals surface area contributed by atoms with Crippen molar-refractivity contribution in [3.63, 3.8) is 0 Å². The third kappa shape index (κ3) is 4.00. The Morgan fingerprint density at radius 3 is 2.69 bits per heavy atom. The first-order chi connectivity index (χ1) is 12.7. The van der Waals surface area contributed by atoms with Gasteiger partial charge in [-0.05, 0) is 36.8 Å². The van der Waals surface area contributed by atoms with Gasteiger partial charge in [0.25, 0.3) is 0 Å². The second-order valence-corrected chi connectivity index (χ2v) is 5.67. The van der Waals surface area contributed by atoms with Gasteiger partial charge in [0, 0.05) is 16.8 Å². The molecule has 0 aliphatic rings. The molecule has 5 heteroatoms. The van der Waals surface area contributed by atoms with E-state index in [1.807, 2.05) is 49.4 Å². The molecule has 126 valence electrons. The number of benzene rings is 2. The van der Waals surface area contributed by atoms with Crippen LogP contribution in [0.3, 0.4) is 0 Å². The number of anilines is 1. The Kier molecular flexibility index (Phi) is 5.16. The Morgan fingerprint density at radius 2 is 1.96 bits per heavy atom. The fraction of sp³-hybridized carbons (Fsp3) is 0.0476. The van der Waals surface area contributed by atoms with Crippen LogP contribution in [-0.4, -0.2) is 16.0 Å². The van der Waals surface area contributed by atoms with E-state index in [0.29, 0.717) is 17.1 Å². The largest absolute Gasteiger partial charge is 0.340 e. The van der Waals surface area contributed by atoms with Crippen molar-refractivity contribution in [1.82, 2.24) is 10.2 Å². The minimum atomic E-state index is 0.571. The van der Waals surface area contributed by atoms with Crippen LogP contribution in [0.5, 0.6) is 0 Å². The van der Waals surface area contributed by atoms with E-state index >= 15 is 0 Å². The van der Waals surface area contributed by atoms with Gasteiger partial charge in [0.05, 0.1) is 29.7 Å². The lowest BCUT2D eigenvalue weighted by molar-refractivity contribution is 1.02. The monoisotopic (exact) mass is 339 g/mol. The average molecular weight is 339 g/mol. The zero-order valence-electron chi connectivity index (χ0n) is 14.3. The molecular weight excluding hydrogens is 322 g/mol. The SMILES string of the molecule is C=C(/N=C(/Nc1cccc(C#N)c1)c1ccccc1C)c1ccnnc1. The van der Waals surface area contributed by atoms with Crippen LogP contribution in [0.25, 0.3) is 5.70 Å². The van der Waals surface area contributed by atoms with Crippen molar-refractivity contribution < 1.29 is 0 Å². The minimum absolute atomic E-state index is 0.571. The number of nitriles is 1. The second kappa shape index (κ2) is 7.86. The van der Waals surface area contributed by atoms with E-state index in [2.05, 4.69) is 33.2 Å². The number of aliphatic imine (C=N–C) groups is 1. The summed E-state index contributed by atoms with van der Waals surface area (Å²) in [6, 6.07) is 19.2. The predicted octanol–water partition coefficient (Wildman–Crippen LogP) is 4.19. The standard InChI is InChI=1S/C21H17N5/c1-15-6-3-4-9-20(15)21(25-16(2)18-10-11-23-24-14-18)26-19-8-5-7-17(12-19)13-22/h3-12,14H,2H2,1H3,(H,25,26). The molecule has 0 aliphatic heterocycles. The first-order valence-electron chi connectivity index (χ1n) is 8.05. The average Bonchev–Trinajstić information content (AvgIpc) is 2.68. The number of rotatable bonds is 4. The van der Waals surface area contributed by atoms with Gasteiger partial charge in [-0.1, -0.05) is 36.9 Å². The van der Waals surface area contributed by atoms with Gasteiger partial charge in [-0.3, -0.25) is 0 Å². The highest BCUT2D eigenvalue weighted by molar-refractivity contribution is 6.11. The fourth-order valence-corrected chi connectivity index (χ4v) is 2.46. The van der Waals surface area contributed by atoms with E-state index in [0.717, 1.165) is 22.4 Å². The molecule has 1 heterocycles. The van der Waals surface area contributed by atoms with Gasteiger partial charge < -0.3 is 5.32 Å². The first kappa shape index (κ1) is 17.1. The van der Waals surface area contributed by atoms with Crippen molar-refractivity contribution in [3.8, 4) is 6.07 Å². The smallest absolute Gasteiger partial charge is 0.138 e. The molecule has 0 amide bonds. The molecule has 0 spiro atoms. The number of hydrogen-bond acceptors (Lipinski definition) is 4. The third-order valence-corrected chi connectivity index (χ3v) is 3.82. The number of aryl methyl sites for hydroxylation is 1. The fourth-order valence-electron chi connectivity index (χ4n) is 2.46. The van der Waals surface area contributed by atoms with E-state index in [1.54, 1.807) is 24.5 Å².